The highest BCUT2D eigenvalue weighted by atomic mass is 35.5. The van der Waals surface area contributed by atoms with Crippen molar-refractivity contribution in [2.75, 3.05) is 39.6 Å². The van der Waals surface area contributed by atoms with Crippen LogP contribution >= 0.6 is 11.6 Å². The third-order valence-electron chi connectivity index (χ3n) is 5.17. The number of hydrogen-bond donors (Lipinski definition) is 0. The van der Waals surface area contributed by atoms with Gasteiger partial charge in [-0.25, -0.2) is 13.4 Å². The second-order valence-electron chi connectivity index (χ2n) is 7.11. The van der Waals surface area contributed by atoms with Gasteiger partial charge in [0.1, 0.15) is 11.8 Å². The number of sulfonamides is 1. The number of aliphatic imine (C=N–C) groups is 1. The van der Waals surface area contributed by atoms with Gasteiger partial charge in [-0.1, -0.05) is 18.2 Å². The van der Waals surface area contributed by atoms with Crippen LogP contribution in [0.4, 0.5) is 0 Å². The molecule has 3 rings (SSSR count). The second kappa shape index (κ2) is 8.25. The SMILES string of the molecule is C=CC(=O)N1CCN(S(C)(=O)=O)[C@@H](c2cc(Cl)nc(C3=CC=NCN3C)c2C)C1. The first-order valence-corrected chi connectivity index (χ1v) is 11.3. The smallest absolute Gasteiger partial charge is 0.246 e. The maximum atomic E-state index is 12.5. The zero-order chi connectivity index (χ0) is 21.3. The van der Waals surface area contributed by atoms with Crippen molar-refractivity contribution in [2.24, 2.45) is 4.99 Å². The molecule has 0 saturated carbocycles. The van der Waals surface area contributed by atoms with E-state index >= 15 is 0 Å². The number of carbonyl (C=O) groups is 1. The zero-order valence-corrected chi connectivity index (χ0v) is 18.2. The third kappa shape index (κ3) is 4.36. The fraction of sp³-hybridized carbons (Fsp3) is 0.421. The molecule has 0 radical (unpaired) electrons. The van der Waals surface area contributed by atoms with Crippen LogP contribution in [0.1, 0.15) is 22.9 Å². The van der Waals surface area contributed by atoms with E-state index in [-0.39, 0.29) is 24.1 Å². The Labute approximate surface area is 176 Å². The molecule has 10 heteroatoms. The molecule has 1 atom stereocenters. The van der Waals surface area contributed by atoms with Crippen LogP contribution < -0.4 is 0 Å². The predicted octanol–water partition coefficient (Wildman–Crippen LogP) is 1.69. The lowest BCUT2D eigenvalue weighted by Gasteiger charge is -2.40. The highest BCUT2D eigenvalue weighted by molar-refractivity contribution is 7.88. The Morgan fingerprint density at radius 2 is 2.10 bits per heavy atom. The van der Waals surface area contributed by atoms with Crippen LogP contribution in [0.2, 0.25) is 5.15 Å². The summed E-state index contributed by atoms with van der Waals surface area (Å²) >= 11 is 6.34. The van der Waals surface area contributed by atoms with Gasteiger partial charge in [0, 0.05) is 32.9 Å². The van der Waals surface area contributed by atoms with Crippen molar-refractivity contribution in [3.8, 4) is 0 Å². The molecular formula is C19H24ClN5O3S. The number of nitrogens with zero attached hydrogens (tertiary/aromatic N) is 5. The summed E-state index contributed by atoms with van der Waals surface area (Å²) in [6.07, 6.45) is 5.98. The van der Waals surface area contributed by atoms with Gasteiger partial charge >= 0.3 is 0 Å². The molecule has 0 bridgehead atoms. The second-order valence-corrected chi connectivity index (χ2v) is 9.43. The summed E-state index contributed by atoms with van der Waals surface area (Å²) in [4.78, 5) is 24.4. The number of hydrogen-bond acceptors (Lipinski definition) is 6. The summed E-state index contributed by atoms with van der Waals surface area (Å²) in [6, 6.07) is 1.12. The number of rotatable bonds is 4. The topological polar surface area (TPSA) is 86.2 Å². The first-order valence-electron chi connectivity index (χ1n) is 9.10. The minimum Gasteiger partial charge on any atom is -0.353 e. The molecule has 0 N–H and O–H groups in total. The Kier molecular flexibility index (Phi) is 6.11. The van der Waals surface area contributed by atoms with Crippen LogP contribution in [0.25, 0.3) is 5.70 Å². The number of halogens is 1. The van der Waals surface area contributed by atoms with Gasteiger partial charge in [0.15, 0.2) is 0 Å². The first kappa shape index (κ1) is 21.5. The van der Waals surface area contributed by atoms with Crippen molar-refractivity contribution in [1.29, 1.82) is 0 Å². The highest BCUT2D eigenvalue weighted by Gasteiger charge is 2.36. The molecule has 0 unspecified atom stereocenters. The van der Waals surface area contributed by atoms with Gasteiger partial charge in [-0.3, -0.25) is 9.79 Å². The minimum atomic E-state index is -3.50. The van der Waals surface area contributed by atoms with Gasteiger partial charge < -0.3 is 9.80 Å². The molecule has 2 aliphatic rings. The molecular weight excluding hydrogens is 414 g/mol. The molecule has 8 nitrogen and oxygen atoms in total. The molecule has 0 aliphatic carbocycles. The van der Waals surface area contributed by atoms with Gasteiger partial charge in [-0.15, -0.1) is 0 Å². The molecule has 29 heavy (non-hydrogen) atoms. The van der Waals surface area contributed by atoms with E-state index in [4.69, 9.17) is 11.6 Å². The number of aromatic nitrogens is 1. The minimum absolute atomic E-state index is 0.201. The summed E-state index contributed by atoms with van der Waals surface area (Å²) in [5.41, 5.74) is 3.06. The largest absolute Gasteiger partial charge is 0.353 e. The number of amides is 1. The third-order valence-corrected chi connectivity index (χ3v) is 6.65. The van der Waals surface area contributed by atoms with Gasteiger partial charge in [-0.05, 0) is 36.3 Å². The summed E-state index contributed by atoms with van der Waals surface area (Å²) in [5.74, 6) is -0.230. The Morgan fingerprint density at radius 3 is 2.72 bits per heavy atom. The van der Waals surface area contributed by atoms with E-state index < -0.39 is 16.1 Å². The lowest BCUT2D eigenvalue weighted by Crippen LogP contribution is -2.51. The molecule has 0 spiro atoms. The standard InChI is InChI=1S/C19H24ClN5O3S/c1-5-18(26)24-8-9-25(29(4,27)28)16(11-24)14-10-17(20)22-19(13(14)2)15-6-7-21-12-23(15)3/h5-7,10,16H,1,8-9,11-12H2,2-4H3/t16-/m1/s1. The quantitative estimate of drug-likeness (QED) is 0.528. The Hall–Kier alpha value is -2.23. The van der Waals surface area contributed by atoms with E-state index in [1.165, 1.54) is 16.6 Å². The van der Waals surface area contributed by atoms with Crippen LogP contribution in [0.3, 0.4) is 0 Å². The summed E-state index contributed by atoms with van der Waals surface area (Å²) in [7, 11) is -1.60. The molecule has 1 fully saturated rings. The van der Waals surface area contributed by atoms with E-state index in [0.29, 0.717) is 18.9 Å². The molecule has 1 aromatic heterocycles. The van der Waals surface area contributed by atoms with Crippen molar-refractivity contribution in [2.45, 2.75) is 13.0 Å². The zero-order valence-electron chi connectivity index (χ0n) is 16.7. The molecule has 2 aliphatic heterocycles. The van der Waals surface area contributed by atoms with Crippen LogP contribution in [0.15, 0.2) is 29.8 Å². The van der Waals surface area contributed by atoms with Crippen LogP contribution in [-0.4, -0.2) is 79.2 Å². The normalized spacial score (nSPS) is 20.6. The van der Waals surface area contributed by atoms with E-state index in [2.05, 4.69) is 16.6 Å². The van der Waals surface area contributed by atoms with Gasteiger partial charge in [0.2, 0.25) is 15.9 Å². The molecule has 1 amide bonds. The Bertz CT molecular complexity index is 1010. The van der Waals surface area contributed by atoms with Crippen molar-refractivity contribution in [1.82, 2.24) is 19.1 Å². The van der Waals surface area contributed by atoms with Crippen molar-refractivity contribution >= 4 is 39.4 Å². The fourth-order valence-electron chi connectivity index (χ4n) is 3.69. The lowest BCUT2D eigenvalue weighted by atomic mass is 9.97. The molecule has 0 aromatic carbocycles. The van der Waals surface area contributed by atoms with E-state index in [9.17, 15) is 13.2 Å². The van der Waals surface area contributed by atoms with Crippen molar-refractivity contribution < 1.29 is 13.2 Å². The van der Waals surface area contributed by atoms with Crippen molar-refractivity contribution in [3.63, 3.8) is 0 Å². The Morgan fingerprint density at radius 1 is 1.38 bits per heavy atom. The van der Waals surface area contributed by atoms with Crippen LogP contribution in [0.5, 0.6) is 0 Å². The number of piperazine rings is 1. The number of allylic oxidation sites excluding steroid dienone is 1. The first-order chi connectivity index (χ1) is 13.6. The number of carbonyl (C=O) groups excluding carboxylic acids is 1. The molecule has 156 valence electrons. The lowest BCUT2D eigenvalue weighted by molar-refractivity contribution is -0.128. The van der Waals surface area contributed by atoms with Gasteiger partial charge in [-0.2, -0.15) is 4.31 Å². The maximum absolute atomic E-state index is 12.5. The number of pyridine rings is 1. The fourth-order valence-corrected chi connectivity index (χ4v) is 4.95. The van der Waals surface area contributed by atoms with Crippen LogP contribution in [-0.2, 0) is 14.8 Å². The summed E-state index contributed by atoms with van der Waals surface area (Å²) < 4.78 is 26.4. The molecule has 3 heterocycles. The maximum Gasteiger partial charge on any atom is 0.246 e. The molecule has 1 saturated heterocycles. The predicted molar refractivity (Wildman–Crippen MR) is 114 cm³/mol. The van der Waals surface area contributed by atoms with E-state index in [1.807, 2.05) is 24.9 Å². The summed E-state index contributed by atoms with van der Waals surface area (Å²) in [5, 5.41) is 0.262. The van der Waals surface area contributed by atoms with Gasteiger partial charge in [0.05, 0.1) is 23.7 Å². The molecule has 1 aromatic rings. The van der Waals surface area contributed by atoms with E-state index in [0.717, 1.165) is 16.8 Å². The Balaban J connectivity index is 2.12. The van der Waals surface area contributed by atoms with Gasteiger partial charge in [0.25, 0.3) is 0 Å². The summed E-state index contributed by atoms with van der Waals surface area (Å²) in [6.45, 7) is 6.65. The highest BCUT2D eigenvalue weighted by Crippen LogP contribution is 2.34. The van der Waals surface area contributed by atoms with Crippen LogP contribution in [0, 0.1) is 6.92 Å². The van der Waals surface area contributed by atoms with E-state index in [1.54, 1.807) is 17.2 Å². The van der Waals surface area contributed by atoms with Crippen molar-refractivity contribution in [3.05, 3.63) is 46.8 Å². The average molecular weight is 438 g/mol. The average Bonchev–Trinajstić information content (AvgIpc) is 2.68. The monoisotopic (exact) mass is 437 g/mol.